The quantitative estimate of drug-likeness (QED) is 0.702. The minimum atomic E-state index is -3.27. The lowest BCUT2D eigenvalue weighted by atomic mass is 9.71. The van der Waals surface area contributed by atoms with Gasteiger partial charge in [0, 0.05) is 13.0 Å². The van der Waals surface area contributed by atoms with Crippen LogP contribution in [0.25, 0.3) is 0 Å². The summed E-state index contributed by atoms with van der Waals surface area (Å²) in [5.74, 6) is 0.0266. The van der Waals surface area contributed by atoms with E-state index in [0.29, 0.717) is 30.8 Å². The topological polar surface area (TPSA) is 89.3 Å². The zero-order valence-corrected chi connectivity index (χ0v) is 15.0. The van der Waals surface area contributed by atoms with Crippen LogP contribution in [0, 0.1) is 5.41 Å². The third-order valence-electron chi connectivity index (χ3n) is 4.90. The highest BCUT2D eigenvalue weighted by Gasteiger charge is 2.32. The van der Waals surface area contributed by atoms with Gasteiger partial charge in [0.1, 0.15) is 0 Å². The summed E-state index contributed by atoms with van der Waals surface area (Å²) in [5, 5.41) is 2.85. The third kappa shape index (κ3) is 5.31. The molecule has 0 unspecified atom stereocenters. The molecule has 1 saturated carbocycles. The molecule has 0 spiro atoms. The van der Waals surface area contributed by atoms with Crippen LogP contribution in [-0.4, -0.2) is 33.2 Å². The van der Waals surface area contributed by atoms with Crippen molar-refractivity contribution >= 4 is 15.7 Å². The second kappa shape index (κ2) is 8.62. The molecule has 0 radical (unpaired) electrons. The number of rotatable bonds is 8. The number of hydrogen-bond donors (Lipinski definition) is 2. The van der Waals surface area contributed by atoms with Crippen LogP contribution in [0.4, 0.5) is 0 Å². The number of nitrogens with two attached hydrogens (primary N) is 1. The minimum absolute atomic E-state index is 0.0144. The summed E-state index contributed by atoms with van der Waals surface area (Å²) >= 11 is 0. The lowest BCUT2D eigenvalue weighted by Crippen LogP contribution is -2.39. The Kier molecular flexibility index (Phi) is 6.80. The Morgan fingerprint density at radius 2 is 1.79 bits per heavy atom. The predicted molar refractivity (Wildman–Crippen MR) is 95.3 cm³/mol. The van der Waals surface area contributed by atoms with Crippen molar-refractivity contribution in [2.24, 2.45) is 11.1 Å². The second-order valence-corrected chi connectivity index (χ2v) is 8.89. The van der Waals surface area contributed by atoms with Gasteiger partial charge in [-0.3, -0.25) is 4.79 Å². The van der Waals surface area contributed by atoms with Crippen LogP contribution in [0.5, 0.6) is 0 Å². The molecule has 0 aromatic heterocycles. The standard InChI is InChI=1S/C18H28N2O3S/c19-15-18(10-5-2-6-11-18)14-17(21)20-12-7-13-24(22,23)16-8-3-1-4-9-16/h1,3-4,8-9H,2,5-7,10-15,19H2,(H,20,21). The molecule has 24 heavy (non-hydrogen) atoms. The lowest BCUT2D eigenvalue weighted by molar-refractivity contribution is -0.123. The monoisotopic (exact) mass is 352 g/mol. The van der Waals surface area contributed by atoms with E-state index in [2.05, 4.69) is 5.32 Å². The molecule has 1 aliphatic rings. The van der Waals surface area contributed by atoms with Gasteiger partial charge in [-0.25, -0.2) is 8.42 Å². The van der Waals surface area contributed by atoms with Crippen LogP contribution < -0.4 is 11.1 Å². The maximum Gasteiger partial charge on any atom is 0.220 e. The van der Waals surface area contributed by atoms with Gasteiger partial charge >= 0.3 is 0 Å². The van der Waals surface area contributed by atoms with Gasteiger partial charge < -0.3 is 11.1 Å². The summed E-state index contributed by atoms with van der Waals surface area (Å²) in [7, 11) is -3.27. The largest absolute Gasteiger partial charge is 0.356 e. The number of carbonyl (C=O) groups excluding carboxylic acids is 1. The Balaban J connectivity index is 1.75. The van der Waals surface area contributed by atoms with Crippen molar-refractivity contribution in [2.75, 3.05) is 18.8 Å². The summed E-state index contributed by atoms with van der Waals surface area (Å²) in [5.41, 5.74) is 5.85. The molecule has 0 heterocycles. The van der Waals surface area contributed by atoms with Gasteiger partial charge in [0.2, 0.25) is 5.91 Å². The van der Waals surface area contributed by atoms with E-state index in [1.165, 1.54) is 6.42 Å². The second-order valence-electron chi connectivity index (χ2n) is 6.78. The molecule has 5 nitrogen and oxygen atoms in total. The van der Waals surface area contributed by atoms with Crippen LogP contribution in [0.3, 0.4) is 0 Å². The van der Waals surface area contributed by atoms with Gasteiger partial charge in [0.15, 0.2) is 9.84 Å². The van der Waals surface area contributed by atoms with Crippen molar-refractivity contribution in [3.8, 4) is 0 Å². The van der Waals surface area contributed by atoms with Gasteiger partial charge in [-0.2, -0.15) is 0 Å². The first-order valence-electron chi connectivity index (χ1n) is 8.72. The van der Waals surface area contributed by atoms with E-state index in [1.54, 1.807) is 30.3 Å². The summed E-state index contributed by atoms with van der Waals surface area (Å²) < 4.78 is 24.3. The molecule has 6 heteroatoms. The molecule has 0 bridgehead atoms. The van der Waals surface area contributed by atoms with Crippen LogP contribution in [0.15, 0.2) is 35.2 Å². The van der Waals surface area contributed by atoms with Gasteiger partial charge in [-0.05, 0) is 43.4 Å². The SMILES string of the molecule is NCC1(CC(=O)NCCCS(=O)(=O)c2ccccc2)CCCCC1. The number of carbonyl (C=O) groups is 1. The fraction of sp³-hybridized carbons (Fsp3) is 0.611. The molecule has 1 aromatic rings. The molecule has 0 atom stereocenters. The van der Waals surface area contributed by atoms with Gasteiger partial charge in [-0.15, -0.1) is 0 Å². The zero-order chi connectivity index (χ0) is 17.5. The average Bonchev–Trinajstić information content (AvgIpc) is 2.60. The molecule has 1 aromatic carbocycles. The Bertz CT molecular complexity index is 623. The summed E-state index contributed by atoms with van der Waals surface area (Å²) in [6, 6.07) is 8.41. The number of sulfone groups is 1. The smallest absolute Gasteiger partial charge is 0.220 e. The van der Waals surface area contributed by atoms with E-state index >= 15 is 0 Å². The van der Waals surface area contributed by atoms with Crippen molar-refractivity contribution in [1.29, 1.82) is 0 Å². The van der Waals surface area contributed by atoms with Crippen LogP contribution in [0.1, 0.15) is 44.9 Å². The van der Waals surface area contributed by atoms with E-state index in [9.17, 15) is 13.2 Å². The lowest BCUT2D eigenvalue weighted by Gasteiger charge is -2.35. The highest BCUT2D eigenvalue weighted by Crippen LogP contribution is 2.38. The highest BCUT2D eigenvalue weighted by molar-refractivity contribution is 7.91. The Labute approximate surface area is 144 Å². The minimum Gasteiger partial charge on any atom is -0.356 e. The van der Waals surface area contributed by atoms with Crippen molar-refractivity contribution in [3.63, 3.8) is 0 Å². The molecule has 1 aliphatic carbocycles. The van der Waals surface area contributed by atoms with Crippen LogP contribution in [-0.2, 0) is 14.6 Å². The predicted octanol–water partition coefficient (Wildman–Crippen LogP) is 2.27. The third-order valence-corrected chi connectivity index (χ3v) is 6.71. The first kappa shape index (κ1) is 18.9. The molecule has 1 fully saturated rings. The van der Waals surface area contributed by atoms with E-state index in [1.807, 2.05) is 0 Å². The molecule has 0 saturated heterocycles. The first-order chi connectivity index (χ1) is 11.5. The maximum atomic E-state index is 12.2. The van der Waals surface area contributed by atoms with Gasteiger partial charge in [0.25, 0.3) is 0 Å². The van der Waals surface area contributed by atoms with Crippen molar-refractivity contribution in [2.45, 2.75) is 49.8 Å². The van der Waals surface area contributed by atoms with Crippen LogP contribution in [0.2, 0.25) is 0 Å². The zero-order valence-electron chi connectivity index (χ0n) is 14.2. The molecule has 134 valence electrons. The maximum absolute atomic E-state index is 12.2. The number of benzene rings is 1. The van der Waals surface area contributed by atoms with Gasteiger partial charge in [0.05, 0.1) is 10.6 Å². The first-order valence-corrected chi connectivity index (χ1v) is 10.4. The fourth-order valence-corrected chi connectivity index (χ4v) is 4.73. The molecule has 2 rings (SSSR count). The van der Waals surface area contributed by atoms with Crippen LogP contribution >= 0.6 is 0 Å². The molecule has 1 amide bonds. The van der Waals surface area contributed by atoms with E-state index < -0.39 is 9.84 Å². The van der Waals surface area contributed by atoms with E-state index in [4.69, 9.17) is 5.73 Å². The van der Waals surface area contributed by atoms with Crippen molar-refractivity contribution in [3.05, 3.63) is 30.3 Å². The summed E-state index contributed by atoms with van der Waals surface area (Å²) in [4.78, 5) is 12.5. The number of amides is 1. The van der Waals surface area contributed by atoms with E-state index in [-0.39, 0.29) is 17.1 Å². The fourth-order valence-electron chi connectivity index (χ4n) is 3.39. The Morgan fingerprint density at radius 3 is 2.42 bits per heavy atom. The molecule has 0 aliphatic heterocycles. The summed E-state index contributed by atoms with van der Waals surface area (Å²) in [6.45, 7) is 0.925. The molecule has 3 N–H and O–H groups in total. The normalized spacial score (nSPS) is 17.4. The Hall–Kier alpha value is -1.40. The summed E-state index contributed by atoms with van der Waals surface area (Å²) in [6.07, 6.45) is 6.40. The molecular formula is C18H28N2O3S. The average molecular weight is 353 g/mol. The van der Waals surface area contributed by atoms with E-state index in [0.717, 1.165) is 25.7 Å². The Morgan fingerprint density at radius 1 is 1.12 bits per heavy atom. The number of nitrogens with one attached hydrogen (secondary N) is 1. The molecular weight excluding hydrogens is 324 g/mol. The van der Waals surface area contributed by atoms with Crippen molar-refractivity contribution < 1.29 is 13.2 Å². The van der Waals surface area contributed by atoms with Gasteiger partial charge in [-0.1, -0.05) is 37.5 Å². The number of hydrogen-bond acceptors (Lipinski definition) is 4. The van der Waals surface area contributed by atoms with Crippen molar-refractivity contribution in [1.82, 2.24) is 5.32 Å². The highest BCUT2D eigenvalue weighted by atomic mass is 32.2.